The van der Waals surface area contributed by atoms with Gasteiger partial charge in [0.15, 0.2) is 10.9 Å². The van der Waals surface area contributed by atoms with Gasteiger partial charge in [-0.15, -0.1) is 0 Å². The molecule has 1 heterocycles. The smallest absolute Gasteiger partial charge is 0.261 e. The number of Topliss-reactive ketones (excluding diaryl/α,β-unsaturated/α-hetero) is 1. The highest BCUT2D eigenvalue weighted by atomic mass is 32.2. The van der Waals surface area contributed by atoms with Crippen LogP contribution in [0.1, 0.15) is 10.4 Å². The Balaban J connectivity index is 1.75. The fourth-order valence-corrected chi connectivity index (χ4v) is 3.81. The Morgan fingerprint density at radius 2 is 1.69 bits per heavy atom. The molecule has 128 valence electrons. The Morgan fingerprint density at radius 3 is 2.50 bits per heavy atom. The van der Waals surface area contributed by atoms with Gasteiger partial charge in [-0.25, -0.2) is 4.98 Å². The Morgan fingerprint density at radius 1 is 0.962 bits per heavy atom. The van der Waals surface area contributed by atoms with Crippen molar-refractivity contribution in [1.82, 2.24) is 9.55 Å². The number of aromatic nitrogens is 2. The molecule has 0 saturated heterocycles. The van der Waals surface area contributed by atoms with Gasteiger partial charge in [-0.2, -0.15) is 0 Å². The first-order valence-corrected chi connectivity index (χ1v) is 9.23. The molecule has 4 aromatic rings. The van der Waals surface area contributed by atoms with Crippen molar-refractivity contribution in [3.8, 4) is 0 Å². The van der Waals surface area contributed by atoms with Crippen molar-refractivity contribution in [2.45, 2.75) is 5.16 Å². The van der Waals surface area contributed by atoms with E-state index < -0.39 is 0 Å². The summed E-state index contributed by atoms with van der Waals surface area (Å²) in [7, 11) is 1.69. The summed E-state index contributed by atoms with van der Waals surface area (Å²) in [5.41, 5.74) is 1.24. The predicted octanol–water partition coefficient (Wildman–Crippen LogP) is 4.06. The van der Waals surface area contributed by atoms with Crippen molar-refractivity contribution in [3.63, 3.8) is 0 Å². The molecule has 0 radical (unpaired) electrons. The number of carbonyl (C=O) groups is 1. The zero-order chi connectivity index (χ0) is 18.1. The Kier molecular flexibility index (Phi) is 4.31. The molecular formula is C21H16N2O2S. The van der Waals surface area contributed by atoms with Gasteiger partial charge in [0.1, 0.15) is 0 Å². The topological polar surface area (TPSA) is 52.0 Å². The molecule has 0 spiro atoms. The third-order valence-corrected chi connectivity index (χ3v) is 5.39. The van der Waals surface area contributed by atoms with Crippen molar-refractivity contribution in [2.24, 2.45) is 7.05 Å². The molecule has 0 atom stereocenters. The maximum atomic E-state index is 12.7. The first-order chi connectivity index (χ1) is 12.6. The summed E-state index contributed by atoms with van der Waals surface area (Å²) in [5, 5.41) is 3.11. The number of carbonyl (C=O) groups excluding carboxylic acids is 1. The molecule has 1 aromatic heterocycles. The van der Waals surface area contributed by atoms with Crippen LogP contribution in [0, 0.1) is 0 Å². The van der Waals surface area contributed by atoms with Crippen LogP contribution in [0.3, 0.4) is 0 Å². The van der Waals surface area contributed by atoms with E-state index in [1.165, 1.54) is 16.3 Å². The van der Waals surface area contributed by atoms with E-state index >= 15 is 0 Å². The molecule has 4 nitrogen and oxygen atoms in total. The SMILES string of the molecule is Cn1c(SCC(=O)c2ccccc2)nc2c(ccc3ccccc32)c1=O. The molecule has 0 aliphatic carbocycles. The monoisotopic (exact) mass is 360 g/mol. The van der Waals surface area contributed by atoms with E-state index in [1.54, 1.807) is 19.2 Å². The second kappa shape index (κ2) is 6.77. The van der Waals surface area contributed by atoms with Crippen LogP contribution in [-0.4, -0.2) is 21.1 Å². The van der Waals surface area contributed by atoms with Crippen LogP contribution in [0.5, 0.6) is 0 Å². The predicted molar refractivity (Wildman–Crippen MR) is 106 cm³/mol. The van der Waals surface area contributed by atoms with Gasteiger partial charge in [-0.05, 0) is 11.5 Å². The molecule has 0 fully saturated rings. The standard InChI is InChI=1S/C21H16N2O2S/c1-23-20(25)17-12-11-14-7-5-6-10-16(14)19(17)22-21(23)26-13-18(24)15-8-3-2-4-9-15/h2-12H,13H2,1H3. The number of hydrogen-bond donors (Lipinski definition) is 0. The number of thioether (sulfide) groups is 1. The third-order valence-electron chi connectivity index (χ3n) is 4.36. The van der Waals surface area contributed by atoms with Crippen LogP contribution in [0.2, 0.25) is 0 Å². The normalized spacial score (nSPS) is 11.1. The van der Waals surface area contributed by atoms with E-state index in [1.807, 2.05) is 54.6 Å². The van der Waals surface area contributed by atoms with Gasteiger partial charge in [0.25, 0.3) is 5.56 Å². The van der Waals surface area contributed by atoms with Gasteiger partial charge in [-0.3, -0.25) is 14.2 Å². The molecule has 0 amide bonds. The van der Waals surface area contributed by atoms with Crippen LogP contribution < -0.4 is 5.56 Å². The summed E-state index contributed by atoms with van der Waals surface area (Å²) < 4.78 is 1.51. The van der Waals surface area contributed by atoms with Gasteiger partial charge >= 0.3 is 0 Å². The van der Waals surface area contributed by atoms with Gasteiger partial charge in [0.05, 0.1) is 16.7 Å². The minimum Gasteiger partial charge on any atom is -0.293 e. The fourth-order valence-electron chi connectivity index (χ4n) is 2.95. The van der Waals surface area contributed by atoms with E-state index in [4.69, 9.17) is 4.98 Å². The average Bonchev–Trinajstić information content (AvgIpc) is 2.69. The molecule has 4 rings (SSSR count). The summed E-state index contributed by atoms with van der Waals surface area (Å²) in [5.74, 6) is 0.253. The highest BCUT2D eigenvalue weighted by Crippen LogP contribution is 2.24. The van der Waals surface area contributed by atoms with Crippen LogP contribution in [0.25, 0.3) is 21.7 Å². The van der Waals surface area contributed by atoms with Crippen LogP contribution >= 0.6 is 11.8 Å². The first-order valence-electron chi connectivity index (χ1n) is 8.24. The second-order valence-electron chi connectivity index (χ2n) is 6.02. The number of rotatable bonds is 4. The highest BCUT2D eigenvalue weighted by molar-refractivity contribution is 7.99. The van der Waals surface area contributed by atoms with E-state index in [0.717, 1.165) is 10.8 Å². The summed E-state index contributed by atoms with van der Waals surface area (Å²) >= 11 is 1.29. The quantitative estimate of drug-likeness (QED) is 0.238. The van der Waals surface area contributed by atoms with Gasteiger partial charge in [0, 0.05) is 18.0 Å². The van der Waals surface area contributed by atoms with E-state index in [2.05, 4.69) is 0 Å². The zero-order valence-electron chi connectivity index (χ0n) is 14.2. The lowest BCUT2D eigenvalue weighted by Crippen LogP contribution is -2.20. The maximum Gasteiger partial charge on any atom is 0.261 e. The van der Waals surface area contributed by atoms with Crippen molar-refractivity contribution < 1.29 is 4.79 Å². The van der Waals surface area contributed by atoms with Gasteiger partial charge in [-0.1, -0.05) is 72.4 Å². The van der Waals surface area contributed by atoms with E-state index in [9.17, 15) is 9.59 Å². The van der Waals surface area contributed by atoms with Crippen molar-refractivity contribution in [3.05, 3.63) is 82.6 Å². The molecule has 0 aliphatic rings. The Labute approximate surface area is 154 Å². The highest BCUT2D eigenvalue weighted by Gasteiger charge is 2.13. The summed E-state index contributed by atoms with van der Waals surface area (Å²) in [6.07, 6.45) is 0. The van der Waals surface area contributed by atoms with E-state index in [-0.39, 0.29) is 17.1 Å². The van der Waals surface area contributed by atoms with Crippen molar-refractivity contribution in [1.29, 1.82) is 0 Å². The Hall–Kier alpha value is -2.92. The lowest BCUT2D eigenvalue weighted by molar-refractivity contribution is 0.102. The molecule has 26 heavy (non-hydrogen) atoms. The lowest BCUT2D eigenvalue weighted by atomic mass is 10.1. The number of fused-ring (bicyclic) bond motifs is 3. The number of nitrogens with zero attached hydrogens (tertiary/aromatic N) is 2. The van der Waals surface area contributed by atoms with Crippen molar-refractivity contribution in [2.75, 3.05) is 5.75 Å². The van der Waals surface area contributed by atoms with Crippen LogP contribution in [-0.2, 0) is 7.05 Å². The maximum absolute atomic E-state index is 12.7. The number of benzene rings is 3. The lowest BCUT2D eigenvalue weighted by Gasteiger charge is -2.10. The first kappa shape index (κ1) is 16.5. The average molecular weight is 360 g/mol. The summed E-state index contributed by atoms with van der Waals surface area (Å²) in [6.45, 7) is 0. The van der Waals surface area contributed by atoms with Crippen LogP contribution in [0.15, 0.2) is 76.7 Å². The fraction of sp³-hybridized carbons (Fsp3) is 0.0952. The third kappa shape index (κ3) is 2.91. The molecular weight excluding hydrogens is 344 g/mol. The van der Waals surface area contributed by atoms with Crippen molar-refractivity contribution >= 4 is 39.2 Å². The summed E-state index contributed by atoms with van der Waals surface area (Å²) in [6, 6.07) is 20.8. The van der Waals surface area contributed by atoms with Gasteiger partial charge in [0.2, 0.25) is 0 Å². The molecule has 0 aliphatic heterocycles. The zero-order valence-corrected chi connectivity index (χ0v) is 15.0. The van der Waals surface area contributed by atoms with E-state index in [0.29, 0.717) is 21.6 Å². The van der Waals surface area contributed by atoms with Gasteiger partial charge < -0.3 is 0 Å². The molecule has 5 heteroatoms. The largest absolute Gasteiger partial charge is 0.293 e. The molecule has 3 aromatic carbocycles. The molecule has 0 bridgehead atoms. The summed E-state index contributed by atoms with van der Waals surface area (Å²) in [4.78, 5) is 29.8. The molecule has 0 N–H and O–H groups in total. The number of ketones is 1. The molecule has 0 unspecified atom stereocenters. The number of hydrogen-bond acceptors (Lipinski definition) is 4. The molecule has 0 saturated carbocycles. The minimum absolute atomic E-state index is 0.0165. The second-order valence-corrected chi connectivity index (χ2v) is 6.96. The van der Waals surface area contributed by atoms with Crippen LogP contribution in [0.4, 0.5) is 0 Å². The minimum atomic E-state index is -0.101. The Bertz CT molecular complexity index is 1180.